The van der Waals surface area contributed by atoms with Gasteiger partial charge in [0.15, 0.2) is 0 Å². The number of hydrogen-bond acceptors (Lipinski definition) is 6. The Kier molecular flexibility index (Phi) is 4.55. The molecule has 0 amide bonds. The van der Waals surface area contributed by atoms with Crippen molar-refractivity contribution in [2.45, 2.75) is 39.0 Å². The Labute approximate surface area is 129 Å². The molecule has 114 valence electrons. The lowest BCUT2D eigenvalue weighted by atomic mass is 9.81. The molecule has 0 unspecified atom stereocenters. The number of rotatable bonds is 5. The first-order chi connectivity index (χ1) is 10.3. The van der Waals surface area contributed by atoms with E-state index < -0.39 is 0 Å². The van der Waals surface area contributed by atoms with Gasteiger partial charge in [-0.05, 0) is 36.1 Å². The van der Waals surface area contributed by atoms with Gasteiger partial charge in [-0.1, -0.05) is 26.2 Å². The number of nitrogen functional groups attached to an aromatic ring is 1. The summed E-state index contributed by atoms with van der Waals surface area (Å²) in [6, 6.07) is 2.07. The van der Waals surface area contributed by atoms with Gasteiger partial charge in [0.25, 0.3) is 0 Å². The Balaban J connectivity index is 1.66. The van der Waals surface area contributed by atoms with Crippen molar-refractivity contribution >= 4 is 33.3 Å². The summed E-state index contributed by atoms with van der Waals surface area (Å²) in [5.41, 5.74) is 2.55. The summed E-state index contributed by atoms with van der Waals surface area (Å²) in [5, 5.41) is 6.63. The molecule has 0 aliphatic heterocycles. The van der Waals surface area contributed by atoms with Crippen molar-refractivity contribution in [3.05, 3.63) is 11.4 Å². The minimum absolute atomic E-state index is 0.474. The lowest BCUT2D eigenvalue weighted by Gasteiger charge is -2.28. The Morgan fingerprint density at radius 3 is 2.71 bits per heavy atom. The predicted octanol–water partition coefficient (Wildman–Crippen LogP) is 3.61. The van der Waals surface area contributed by atoms with Crippen LogP contribution in [0, 0.1) is 11.8 Å². The van der Waals surface area contributed by atoms with Crippen molar-refractivity contribution < 1.29 is 0 Å². The molecule has 1 aliphatic carbocycles. The number of nitrogens with one attached hydrogen (secondary N) is 2. The summed E-state index contributed by atoms with van der Waals surface area (Å²) in [5.74, 6) is 8.52. The largest absolute Gasteiger partial charge is 0.369 e. The summed E-state index contributed by atoms with van der Waals surface area (Å²) in [4.78, 5) is 9.78. The second-order valence-electron chi connectivity index (χ2n) is 5.86. The summed E-state index contributed by atoms with van der Waals surface area (Å²) in [6.45, 7) is 3.29. The molecule has 2 aromatic rings. The Morgan fingerprint density at radius 1 is 1.24 bits per heavy atom. The highest BCUT2D eigenvalue weighted by atomic mass is 32.1. The monoisotopic (exact) mass is 305 g/mol. The van der Waals surface area contributed by atoms with Gasteiger partial charge in [0.2, 0.25) is 5.95 Å². The number of hydrazine groups is 1. The van der Waals surface area contributed by atoms with Crippen molar-refractivity contribution in [2.75, 3.05) is 17.3 Å². The van der Waals surface area contributed by atoms with Gasteiger partial charge >= 0.3 is 0 Å². The maximum atomic E-state index is 5.45. The van der Waals surface area contributed by atoms with E-state index in [2.05, 4.69) is 33.7 Å². The molecule has 6 heteroatoms. The summed E-state index contributed by atoms with van der Waals surface area (Å²) in [7, 11) is 0. The summed E-state index contributed by atoms with van der Waals surface area (Å²) in [6.07, 6.45) is 6.72. The van der Waals surface area contributed by atoms with Gasteiger partial charge in [0, 0.05) is 6.54 Å². The van der Waals surface area contributed by atoms with E-state index in [1.165, 1.54) is 32.1 Å². The smallest absolute Gasteiger partial charge is 0.240 e. The van der Waals surface area contributed by atoms with E-state index >= 15 is 0 Å². The lowest BCUT2D eigenvalue weighted by Crippen LogP contribution is -2.21. The number of thiophene rings is 1. The lowest BCUT2D eigenvalue weighted by molar-refractivity contribution is 0.278. The van der Waals surface area contributed by atoms with Crippen LogP contribution in [0.1, 0.15) is 39.0 Å². The molecule has 0 atom stereocenters. The standard InChI is InChI=1S/C15H23N5S/c1-2-10-3-5-11(6-4-10)9-17-13-12-7-8-21-14(12)19-15(18-13)20-16/h7-8,10-11H,2-6,9,16H2,1H3,(H2,17,18,19,20). The zero-order chi connectivity index (χ0) is 14.7. The highest BCUT2D eigenvalue weighted by Crippen LogP contribution is 2.31. The van der Waals surface area contributed by atoms with Crippen LogP contribution in [0.15, 0.2) is 11.4 Å². The molecule has 0 saturated heterocycles. The van der Waals surface area contributed by atoms with Crippen LogP contribution in [0.3, 0.4) is 0 Å². The third kappa shape index (κ3) is 3.27. The van der Waals surface area contributed by atoms with Crippen LogP contribution in [0.25, 0.3) is 10.2 Å². The average Bonchev–Trinajstić information content (AvgIpc) is 3.01. The minimum Gasteiger partial charge on any atom is -0.369 e. The fraction of sp³-hybridized carbons (Fsp3) is 0.600. The van der Waals surface area contributed by atoms with Crippen molar-refractivity contribution in [1.82, 2.24) is 9.97 Å². The zero-order valence-electron chi connectivity index (χ0n) is 12.4. The maximum absolute atomic E-state index is 5.45. The van der Waals surface area contributed by atoms with Gasteiger partial charge in [-0.15, -0.1) is 11.3 Å². The molecule has 5 nitrogen and oxygen atoms in total. The first kappa shape index (κ1) is 14.5. The molecule has 1 saturated carbocycles. The number of fused-ring (bicyclic) bond motifs is 1. The molecule has 2 heterocycles. The van der Waals surface area contributed by atoms with E-state index in [1.54, 1.807) is 11.3 Å². The van der Waals surface area contributed by atoms with Crippen LogP contribution >= 0.6 is 11.3 Å². The highest BCUT2D eigenvalue weighted by Gasteiger charge is 2.20. The van der Waals surface area contributed by atoms with E-state index in [-0.39, 0.29) is 0 Å². The predicted molar refractivity (Wildman–Crippen MR) is 89.5 cm³/mol. The van der Waals surface area contributed by atoms with E-state index in [4.69, 9.17) is 5.84 Å². The van der Waals surface area contributed by atoms with E-state index in [0.29, 0.717) is 5.95 Å². The second-order valence-corrected chi connectivity index (χ2v) is 6.75. The first-order valence-corrected chi connectivity index (χ1v) is 8.63. The van der Waals surface area contributed by atoms with E-state index in [9.17, 15) is 0 Å². The third-order valence-electron chi connectivity index (χ3n) is 4.56. The van der Waals surface area contributed by atoms with Gasteiger partial charge in [-0.25, -0.2) is 10.8 Å². The zero-order valence-corrected chi connectivity index (χ0v) is 13.2. The number of hydrogen-bond donors (Lipinski definition) is 3. The van der Waals surface area contributed by atoms with Gasteiger partial charge in [-0.2, -0.15) is 4.98 Å². The third-order valence-corrected chi connectivity index (χ3v) is 5.36. The number of aromatic nitrogens is 2. The van der Waals surface area contributed by atoms with Crippen molar-refractivity contribution in [2.24, 2.45) is 17.7 Å². The molecule has 0 spiro atoms. The normalized spacial score (nSPS) is 22.4. The minimum atomic E-state index is 0.474. The molecule has 21 heavy (non-hydrogen) atoms. The first-order valence-electron chi connectivity index (χ1n) is 7.76. The van der Waals surface area contributed by atoms with Crippen LogP contribution in [-0.2, 0) is 0 Å². The number of anilines is 2. The van der Waals surface area contributed by atoms with Gasteiger partial charge in [0.05, 0.1) is 5.39 Å². The Bertz CT molecular complexity index is 589. The van der Waals surface area contributed by atoms with E-state index in [0.717, 1.165) is 34.4 Å². The van der Waals surface area contributed by atoms with Gasteiger partial charge in [0.1, 0.15) is 10.6 Å². The quantitative estimate of drug-likeness (QED) is 0.581. The summed E-state index contributed by atoms with van der Waals surface area (Å²) >= 11 is 1.61. The summed E-state index contributed by atoms with van der Waals surface area (Å²) < 4.78 is 0. The van der Waals surface area contributed by atoms with Crippen LogP contribution < -0.4 is 16.6 Å². The molecule has 0 bridgehead atoms. The Hall–Kier alpha value is -1.40. The van der Waals surface area contributed by atoms with Gasteiger partial charge < -0.3 is 5.32 Å². The fourth-order valence-electron chi connectivity index (χ4n) is 3.14. The topological polar surface area (TPSA) is 75.9 Å². The number of nitrogens with zero attached hydrogens (tertiary/aromatic N) is 2. The molecule has 1 fully saturated rings. The second kappa shape index (κ2) is 6.58. The molecular formula is C15H23N5S. The van der Waals surface area contributed by atoms with Crippen molar-refractivity contribution in [3.8, 4) is 0 Å². The van der Waals surface area contributed by atoms with Crippen LogP contribution in [0.2, 0.25) is 0 Å². The molecule has 2 aromatic heterocycles. The fourth-order valence-corrected chi connectivity index (χ4v) is 3.90. The molecular weight excluding hydrogens is 282 g/mol. The van der Waals surface area contributed by atoms with Crippen molar-refractivity contribution in [3.63, 3.8) is 0 Å². The van der Waals surface area contributed by atoms with Gasteiger partial charge in [-0.3, -0.25) is 5.43 Å². The average molecular weight is 305 g/mol. The molecule has 3 rings (SSSR count). The van der Waals surface area contributed by atoms with Crippen molar-refractivity contribution in [1.29, 1.82) is 0 Å². The van der Waals surface area contributed by atoms with Crippen LogP contribution in [-0.4, -0.2) is 16.5 Å². The molecule has 0 aromatic carbocycles. The molecule has 4 N–H and O–H groups in total. The molecule has 0 radical (unpaired) electrons. The maximum Gasteiger partial charge on any atom is 0.240 e. The number of nitrogens with two attached hydrogens (primary N) is 1. The van der Waals surface area contributed by atoms with Crippen LogP contribution in [0.5, 0.6) is 0 Å². The molecule has 1 aliphatic rings. The Morgan fingerprint density at radius 2 is 2.00 bits per heavy atom. The van der Waals surface area contributed by atoms with E-state index in [1.807, 2.05) is 5.38 Å². The highest BCUT2D eigenvalue weighted by molar-refractivity contribution is 7.16. The van der Waals surface area contributed by atoms with Crippen LogP contribution in [0.4, 0.5) is 11.8 Å². The SMILES string of the molecule is CCC1CCC(CNc2nc(NN)nc3sccc23)CC1.